The van der Waals surface area contributed by atoms with Crippen LogP contribution in [-0.2, 0) is 16.0 Å². The quantitative estimate of drug-likeness (QED) is 0.906. The van der Waals surface area contributed by atoms with E-state index in [2.05, 4.69) is 5.32 Å². The van der Waals surface area contributed by atoms with E-state index in [-0.39, 0.29) is 17.9 Å². The van der Waals surface area contributed by atoms with E-state index in [0.29, 0.717) is 30.5 Å². The van der Waals surface area contributed by atoms with Crippen molar-refractivity contribution >= 4 is 23.4 Å². The molecular weight excluding hydrogens is 300 g/mol. The van der Waals surface area contributed by atoms with Crippen LogP contribution in [0.1, 0.15) is 37.7 Å². The van der Waals surface area contributed by atoms with Crippen molar-refractivity contribution in [3.8, 4) is 0 Å². The molecule has 3 rings (SSSR count). The lowest BCUT2D eigenvalue weighted by Crippen LogP contribution is -2.46. The van der Waals surface area contributed by atoms with Crippen LogP contribution in [0.4, 0.5) is 0 Å². The van der Waals surface area contributed by atoms with Gasteiger partial charge < -0.3 is 10.2 Å². The zero-order chi connectivity index (χ0) is 15.5. The molecule has 0 radical (unpaired) electrons. The summed E-state index contributed by atoms with van der Waals surface area (Å²) in [5.74, 6) is 0.0875. The van der Waals surface area contributed by atoms with Crippen molar-refractivity contribution in [3.05, 3.63) is 34.9 Å². The molecule has 0 spiro atoms. The Kier molecular flexibility index (Phi) is 4.67. The maximum atomic E-state index is 12.4. The average molecular weight is 321 g/mol. The number of halogens is 1. The van der Waals surface area contributed by atoms with Gasteiger partial charge in [0, 0.05) is 24.0 Å². The van der Waals surface area contributed by atoms with E-state index in [1.807, 2.05) is 24.3 Å². The van der Waals surface area contributed by atoms with Crippen molar-refractivity contribution in [2.45, 2.75) is 50.6 Å². The second kappa shape index (κ2) is 6.69. The van der Waals surface area contributed by atoms with Gasteiger partial charge in [0.25, 0.3) is 0 Å². The SMILES string of the molecule is O=C(NC1CC1)C1CCCN1C(=O)CCc1cccc(Cl)c1. The van der Waals surface area contributed by atoms with Crippen LogP contribution in [0.15, 0.2) is 24.3 Å². The molecule has 1 aliphatic heterocycles. The highest BCUT2D eigenvalue weighted by atomic mass is 35.5. The van der Waals surface area contributed by atoms with Crippen LogP contribution in [0.25, 0.3) is 0 Å². The van der Waals surface area contributed by atoms with E-state index in [1.54, 1.807) is 4.90 Å². The van der Waals surface area contributed by atoms with Gasteiger partial charge in [0.15, 0.2) is 0 Å². The first-order chi connectivity index (χ1) is 10.6. The van der Waals surface area contributed by atoms with Crippen molar-refractivity contribution in [1.29, 1.82) is 0 Å². The molecule has 2 fully saturated rings. The highest BCUT2D eigenvalue weighted by Crippen LogP contribution is 2.23. The lowest BCUT2D eigenvalue weighted by atomic mass is 10.1. The van der Waals surface area contributed by atoms with E-state index < -0.39 is 0 Å². The molecule has 0 aromatic heterocycles. The molecule has 2 aliphatic rings. The van der Waals surface area contributed by atoms with Gasteiger partial charge in [-0.1, -0.05) is 23.7 Å². The Balaban J connectivity index is 1.55. The Hall–Kier alpha value is -1.55. The van der Waals surface area contributed by atoms with Gasteiger partial charge in [0.2, 0.25) is 11.8 Å². The predicted molar refractivity (Wildman–Crippen MR) is 85.7 cm³/mol. The van der Waals surface area contributed by atoms with Crippen molar-refractivity contribution in [2.75, 3.05) is 6.54 Å². The largest absolute Gasteiger partial charge is 0.352 e. The number of amides is 2. The summed E-state index contributed by atoms with van der Waals surface area (Å²) >= 11 is 5.96. The fraction of sp³-hybridized carbons (Fsp3) is 0.529. The minimum Gasteiger partial charge on any atom is -0.352 e. The van der Waals surface area contributed by atoms with Gasteiger partial charge in [-0.15, -0.1) is 0 Å². The zero-order valence-corrected chi connectivity index (χ0v) is 13.3. The number of nitrogens with zero attached hydrogens (tertiary/aromatic N) is 1. The summed E-state index contributed by atoms with van der Waals surface area (Å²) < 4.78 is 0. The van der Waals surface area contributed by atoms with Crippen LogP contribution in [0.2, 0.25) is 5.02 Å². The van der Waals surface area contributed by atoms with Gasteiger partial charge in [0.1, 0.15) is 6.04 Å². The Morgan fingerprint density at radius 2 is 2.09 bits per heavy atom. The molecule has 1 unspecified atom stereocenters. The number of likely N-dealkylation sites (tertiary alicyclic amines) is 1. The number of benzene rings is 1. The second-order valence-corrected chi connectivity index (χ2v) is 6.59. The van der Waals surface area contributed by atoms with Gasteiger partial charge in [0.05, 0.1) is 0 Å². The van der Waals surface area contributed by atoms with E-state index in [4.69, 9.17) is 11.6 Å². The highest BCUT2D eigenvalue weighted by molar-refractivity contribution is 6.30. The Labute approximate surface area is 135 Å². The van der Waals surface area contributed by atoms with Crippen molar-refractivity contribution < 1.29 is 9.59 Å². The van der Waals surface area contributed by atoms with Crippen LogP contribution in [-0.4, -0.2) is 35.3 Å². The molecule has 22 heavy (non-hydrogen) atoms. The molecule has 2 amide bonds. The molecular formula is C17H21ClN2O2. The first kappa shape index (κ1) is 15.3. The van der Waals surface area contributed by atoms with Crippen LogP contribution in [0.3, 0.4) is 0 Å². The number of carbonyl (C=O) groups excluding carboxylic acids is 2. The topological polar surface area (TPSA) is 49.4 Å². The summed E-state index contributed by atoms with van der Waals surface area (Å²) in [6.07, 6.45) is 4.91. The third-order valence-corrected chi connectivity index (χ3v) is 4.55. The first-order valence-electron chi connectivity index (χ1n) is 7.98. The fourth-order valence-corrected chi connectivity index (χ4v) is 3.16. The van der Waals surface area contributed by atoms with Gasteiger partial charge >= 0.3 is 0 Å². The van der Waals surface area contributed by atoms with E-state index in [9.17, 15) is 9.59 Å². The zero-order valence-electron chi connectivity index (χ0n) is 12.6. The van der Waals surface area contributed by atoms with Crippen molar-refractivity contribution in [2.24, 2.45) is 0 Å². The molecule has 118 valence electrons. The molecule has 1 atom stereocenters. The molecule has 0 bridgehead atoms. The van der Waals surface area contributed by atoms with Crippen LogP contribution in [0.5, 0.6) is 0 Å². The van der Waals surface area contributed by atoms with Crippen molar-refractivity contribution in [3.63, 3.8) is 0 Å². The predicted octanol–water partition coefficient (Wildman–Crippen LogP) is 2.54. The molecule has 5 heteroatoms. The molecule has 1 aromatic rings. The molecule has 1 N–H and O–H groups in total. The lowest BCUT2D eigenvalue weighted by Gasteiger charge is -2.24. The molecule has 1 saturated heterocycles. The summed E-state index contributed by atoms with van der Waals surface area (Å²) in [6, 6.07) is 7.65. The normalized spacial score (nSPS) is 21.0. The van der Waals surface area contributed by atoms with E-state index >= 15 is 0 Å². The van der Waals surface area contributed by atoms with Gasteiger partial charge in [-0.2, -0.15) is 0 Å². The third-order valence-electron chi connectivity index (χ3n) is 4.32. The van der Waals surface area contributed by atoms with Crippen LogP contribution in [0, 0.1) is 0 Å². The summed E-state index contributed by atoms with van der Waals surface area (Å²) in [6.45, 7) is 0.692. The van der Waals surface area contributed by atoms with Crippen LogP contribution >= 0.6 is 11.6 Å². The maximum absolute atomic E-state index is 12.4. The first-order valence-corrected chi connectivity index (χ1v) is 8.35. The van der Waals surface area contributed by atoms with Crippen molar-refractivity contribution in [1.82, 2.24) is 10.2 Å². The lowest BCUT2D eigenvalue weighted by molar-refractivity contribution is -0.138. The van der Waals surface area contributed by atoms with E-state index in [0.717, 1.165) is 31.2 Å². The van der Waals surface area contributed by atoms with Gasteiger partial charge in [-0.05, 0) is 49.8 Å². The van der Waals surface area contributed by atoms with Crippen LogP contribution < -0.4 is 5.32 Å². The molecule has 1 aromatic carbocycles. The third kappa shape index (κ3) is 3.80. The monoisotopic (exact) mass is 320 g/mol. The summed E-state index contributed by atoms with van der Waals surface area (Å²) in [7, 11) is 0. The second-order valence-electron chi connectivity index (χ2n) is 6.16. The standard InChI is InChI=1S/C17H21ClN2O2/c18-13-4-1-3-12(11-13)6-9-16(21)20-10-2-5-15(20)17(22)19-14-7-8-14/h1,3-4,11,14-15H,2,5-10H2,(H,19,22). The number of nitrogens with one attached hydrogen (secondary N) is 1. The molecule has 4 nitrogen and oxygen atoms in total. The fourth-order valence-electron chi connectivity index (χ4n) is 2.95. The minimum absolute atomic E-state index is 0.0242. The number of hydrogen-bond acceptors (Lipinski definition) is 2. The molecule has 1 saturated carbocycles. The summed E-state index contributed by atoms with van der Waals surface area (Å²) in [5.41, 5.74) is 1.05. The Bertz CT molecular complexity index is 572. The number of hydrogen-bond donors (Lipinski definition) is 1. The minimum atomic E-state index is -0.271. The van der Waals surface area contributed by atoms with E-state index in [1.165, 1.54) is 0 Å². The smallest absolute Gasteiger partial charge is 0.243 e. The molecule has 1 heterocycles. The summed E-state index contributed by atoms with van der Waals surface area (Å²) in [5, 5.41) is 3.70. The number of aryl methyl sites for hydroxylation is 1. The average Bonchev–Trinajstić information content (AvgIpc) is 3.17. The molecule has 1 aliphatic carbocycles. The summed E-state index contributed by atoms with van der Waals surface area (Å²) in [4.78, 5) is 26.4. The maximum Gasteiger partial charge on any atom is 0.243 e. The van der Waals surface area contributed by atoms with Gasteiger partial charge in [-0.3, -0.25) is 9.59 Å². The van der Waals surface area contributed by atoms with Gasteiger partial charge in [-0.25, -0.2) is 0 Å². The highest BCUT2D eigenvalue weighted by Gasteiger charge is 2.36. The number of carbonyl (C=O) groups is 2. The Morgan fingerprint density at radius 3 is 2.82 bits per heavy atom. The Morgan fingerprint density at radius 1 is 1.27 bits per heavy atom. The number of rotatable bonds is 5.